The lowest BCUT2D eigenvalue weighted by atomic mass is 9.73. The minimum absolute atomic E-state index is 0.0248. The van der Waals surface area contributed by atoms with Gasteiger partial charge in [-0.15, -0.1) is 0 Å². The molecule has 8 heteroatoms. The molecule has 6 atom stereocenters. The van der Waals surface area contributed by atoms with Gasteiger partial charge in [-0.2, -0.15) is 0 Å². The molecule has 0 bridgehead atoms. The van der Waals surface area contributed by atoms with Gasteiger partial charge in [-0.25, -0.2) is 0 Å². The third kappa shape index (κ3) is 4.21. The normalized spacial score (nSPS) is 32.6. The van der Waals surface area contributed by atoms with Gasteiger partial charge in [-0.1, -0.05) is 24.3 Å². The first-order valence-electron chi connectivity index (χ1n) is 11.9. The Morgan fingerprint density at radius 1 is 0.647 bits per heavy atom. The molecule has 34 heavy (non-hydrogen) atoms. The number of esters is 4. The van der Waals surface area contributed by atoms with Crippen LogP contribution in [0.4, 0.5) is 0 Å². The molecule has 0 spiro atoms. The van der Waals surface area contributed by atoms with Crippen LogP contribution in [0.3, 0.4) is 0 Å². The summed E-state index contributed by atoms with van der Waals surface area (Å²) in [6.07, 6.45) is 3.21. The fourth-order valence-electron chi connectivity index (χ4n) is 6.05. The summed E-state index contributed by atoms with van der Waals surface area (Å²) >= 11 is 0. The molecule has 0 amide bonds. The topological polar surface area (TPSA) is 121 Å². The number of ether oxygens (including phenoxy) is 2. The summed E-state index contributed by atoms with van der Waals surface area (Å²) in [5.74, 6) is -4.34. The summed E-state index contributed by atoms with van der Waals surface area (Å²) in [4.78, 5) is 73.0. The van der Waals surface area contributed by atoms with E-state index in [2.05, 4.69) is 0 Å². The molecule has 1 aromatic carbocycles. The predicted octanol–water partition coefficient (Wildman–Crippen LogP) is 2.14. The number of ketones is 2. The molecule has 6 unspecified atom stereocenters. The third-order valence-electron chi connectivity index (χ3n) is 7.97. The van der Waals surface area contributed by atoms with Crippen molar-refractivity contribution < 1.29 is 38.2 Å². The van der Waals surface area contributed by atoms with Crippen LogP contribution in [0.5, 0.6) is 0 Å². The summed E-state index contributed by atoms with van der Waals surface area (Å²) in [6, 6.07) is 7.36. The lowest BCUT2D eigenvalue weighted by molar-refractivity contribution is -0.155. The van der Waals surface area contributed by atoms with Crippen molar-refractivity contribution >= 4 is 35.4 Å². The van der Waals surface area contributed by atoms with E-state index in [1.54, 1.807) is 0 Å². The number of carbonyl (C=O) groups excluding carboxylic acids is 6. The molecule has 0 radical (unpaired) electrons. The average molecular weight is 466 g/mol. The highest BCUT2D eigenvalue weighted by molar-refractivity contribution is 5.98. The molecule has 4 fully saturated rings. The van der Waals surface area contributed by atoms with Crippen molar-refractivity contribution in [1.82, 2.24) is 0 Å². The summed E-state index contributed by atoms with van der Waals surface area (Å²) in [6.45, 7) is 0. The molecule has 2 aliphatic carbocycles. The Morgan fingerprint density at radius 2 is 1.06 bits per heavy atom. The molecule has 0 N–H and O–H groups in total. The van der Waals surface area contributed by atoms with Crippen LogP contribution in [0.2, 0.25) is 0 Å². The molecule has 1 aromatic rings. The van der Waals surface area contributed by atoms with Crippen molar-refractivity contribution in [2.24, 2.45) is 35.5 Å². The Kier molecular flexibility index (Phi) is 5.91. The number of rotatable bonds is 6. The van der Waals surface area contributed by atoms with Gasteiger partial charge in [-0.3, -0.25) is 28.8 Å². The minimum Gasteiger partial charge on any atom is -0.393 e. The van der Waals surface area contributed by atoms with Gasteiger partial charge in [0, 0.05) is 24.7 Å². The Hall–Kier alpha value is -3.16. The number of hydrogen-bond acceptors (Lipinski definition) is 8. The Morgan fingerprint density at radius 3 is 1.50 bits per heavy atom. The van der Waals surface area contributed by atoms with Crippen molar-refractivity contribution in [3.63, 3.8) is 0 Å². The van der Waals surface area contributed by atoms with Crippen LogP contribution in [0.25, 0.3) is 0 Å². The van der Waals surface area contributed by atoms with E-state index in [4.69, 9.17) is 9.47 Å². The number of Topliss-reactive ketones (excluding diaryl/α,β-unsaturated/α-hetero) is 2. The standard InChI is InChI=1S/C26H26O8/c27-21(15-4-6-17-19(11-15)25(31)33-23(17)29)9-13-2-1-3-14(8-13)10-22(28)16-5-7-18-20(12-16)26(32)34-24(18)30/h1-3,8,15-20H,4-7,9-12H2. The Bertz CT molecular complexity index is 1010. The zero-order valence-corrected chi connectivity index (χ0v) is 18.7. The van der Waals surface area contributed by atoms with Crippen molar-refractivity contribution in [3.8, 4) is 0 Å². The summed E-state index contributed by atoms with van der Waals surface area (Å²) < 4.78 is 9.46. The van der Waals surface area contributed by atoms with E-state index in [0.29, 0.717) is 38.5 Å². The van der Waals surface area contributed by atoms with Crippen molar-refractivity contribution in [3.05, 3.63) is 35.4 Å². The number of fused-ring (bicyclic) bond motifs is 2. The van der Waals surface area contributed by atoms with Crippen LogP contribution in [-0.2, 0) is 51.1 Å². The van der Waals surface area contributed by atoms with Gasteiger partial charge in [0.1, 0.15) is 11.6 Å². The highest BCUT2D eigenvalue weighted by Crippen LogP contribution is 2.41. The Balaban J connectivity index is 1.18. The second kappa shape index (κ2) is 8.89. The molecule has 2 saturated carbocycles. The smallest absolute Gasteiger partial charge is 0.317 e. The number of hydrogen-bond donors (Lipinski definition) is 0. The maximum absolute atomic E-state index is 12.9. The third-order valence-corrected chi connectivity index (χ3v) is 7.97. The molecule has 2 saturated heterocycles. The van der Waals surface area contributed by atoms with E-state index in [1.165, 1.54) is 0 Å². The fraction of sp³-hybridized carbons (Fsp3) is 0.538. The van der Waals surface area contributed by atoms with Gasteiger partial charge < -0.3 is 9.47 Å². The number of benzene rings is 1. The predicted molar refractivity (Wildman–Crippen MR) is 115 cm³/mol. The average Bonchev–Trinajstić information content (AvgIpc) is 3.27. The van der Waals surface area contributed by atoms with Gasteiger partial charge in [0.05, 0.1) is 23.7 Å². The second-order valence-corrected chi connectivity index (χ2v) is 10.0. The maximum atomic E-state index is 12.9. The van der Waals surface area contributed by atoms with Crippen LogP contribution in [0.1, 0.15) is 49.7 Å². The monoisotopic (exact) mass is 466 g/mol. The zero-order valence-electron chi connectivity index (χ0n) is 18.7. The second-order valence-electron chi connectivity index (χ2n) is 10.0. The summed E-state index contributed by atoms with van der Waals surface area (Å²) in [5.41, 5.74) is 1.60. The maximum Gasteiger partial charge on any atom is 0.317 e. The van der Waals surface area contributed by atoms with Crippen LogP contribution >= 0.6 is 0 Å². The fourth-order valence-corrected chi connectivity index (χ4v) is 6.05. The number of cyclic esters (lactones) is 4. The van der Waals surface area contributed by atoms with E-state index < -0.39 is 47.5 Å². The van der Waals surface area contributed by atoms with Gasteiger partial charge in [0.2, 0.25) is 0 Å². The molecular weight excluding hydrogens is 440 g/mol. The van der Waals surface area contributed by atoms with Crippen molar-refractivity contribution in [1.29, 1.82) is 0 Å². The first kappa shape index (κ1) is 22.6. The number of carbonyl (C=O) groups is 6. The van der Waals surface area contributed by atoms with E-state index in [0.717, 1.165) is 11.1 Å². The molecule has 8 nitrogen and oxygen atoms in total. The lowest BCUT2D eigenvalue weighted by Crippen LogP contribution is -2.31. The van der Waals surface area contributed by atoms with Gasteiger partial charge in [0.15, 0.2) is 0 Å². The van der Waals surface area contributed by atoms with Crippen molar-refractivity contribution in [2.75, 3.05) is 0 Å². The van der Waals surface area contributed by atoms with E-state index >= 15 is 0 Å². The van der Waals surface area contributed by atoms with Crippen LogP contribution in [0.15, 0.2) is 24.3 Å². The quantitative estimate of drug-likeness (QED) is 0.462. The van der Waals surface area contributed by atoms with Gasteiger partial charge >= 0.3 is 23.9 Å². The van der Waals surface area contributed by atoms with E-state index in [-0.39, 0.29) is 36.2 Å². The summed E-state index contributed by atoms with van der Waals surface area (Å²) in [5, 5.41) is 0. The highest BCUT2D eigenvalue weighted by Gasteiger charge is 2.49. The van der Waals surface area contributed by atoms with Crippen LogP contribution in [-0.4, -0.2) is 35.4 Å². The molecule has 0 aromatic heterocycles. The first-order chi connectivity index (χ1) is 16.3. The molecule has 178 valence electrons. The first-order valence-corrected chi connectivity index (χ1v) is 11.9. The van der Waals surface area contributed by atoms with E-state index in [9.17, 15) is 28.8 Å². The molecule has 2 heterocycles. The molecule has 5 rings (SSSR count). The largest absolute Gasteiger partial charge is 0.393 e. The zero-order chi connectivity index (χ0) is 24.0. The molecule has 4 aliphatic rings. The lowest BCUT2D eigenvalue weighted by Gasteiger charge is -2.27. The minimum atomic E-state index is -0.516. The highest BCUT2D eigenvalue weighted by atomic mass is 16.6. The van der Waals surface area contributed by atoms with E-state index in [1.807, 2.05) is 24.3 Å². The SMILES string of the molecule is O=C(Cc1cccc(CC(=O)C2CCC3C(=O)OC(=O)C3C2)c1)C1CCC2C(=O)OC(=O)C2C1. The Labute approximate surface area is 196 Å². The van der Waals surface area contributed by atoms with Crippen LogP contribution in [0, 0.1) is 35.5 Å². The van der Waals surface area contributed by atoms with Crippen LogP contribution < -0.4 is 0 Å². The van der Waals surface area contributed by atoms with Gasteiger partial charge in [-0.05, 0) is 49.7 Å². The summed E-state index contributed by atoms with van der Waals surface area (Å²) in [7, 11) is 0. The van der Waals surface area contributed by atoms with Crippen molar-refractivity contribution in [2.45, 2.75) is 51.4 Å². The molecule has 2 aliphatic heterocycles. The van der Waals surface area contributed by atoms with Gasteiger partial charge in [0.25, 0.3) is 0 Å². The molecular formula is C26H26O8.